The molecule has 1 heterocycles. The molecule has 0 aromatic carbocycles. The molecule has 0 aliphatic carbocycles. The van der Waals surface area contributed by atoms with E-state index in [-0.39, 0.29) is 24.0 Å². The molecule has 2 heteroatoms. The van der Waals surface area contributed by atoms with Crippen LogP contribution in [0.2, 0.25) is 0 Å². The second-order valence-electron chi connectivity index (χ2n) is 4.44. The predicted octanol–water partition coefficient (Wildman–Crippen LogP) is -0.581. The van der Waals surface area contributed by atoms with Crippen LogP contribution in [-0.2, 0) is 0 Å². The van der Waals surface area contributed by atoms with Crippen LogP contribution in [0, 0.1) is 0 Å². The van der Waals surface area contributed by atoms with Gasteiger partial charge in [0.1, 0.15) is 0 Å². The summed E-state index contributed by atoms with van der Waals surface area (Å²) >= 11 is 0. The fraction of sp³-hybridized carbons (Fsp3) is 1.00. The number of likely N-dealkylation sites (tertiary alicyclic amines) is 1. The van der Waals surface area contributed by atoms with Crippen LogP contribution in [-0.4, -0.2) is 31.2 Å². The molecular weight excluding hydrogens is 261 g/mol. The van der Waals surface area contributed by atoms with Crippen molar-refractivity contribution < 1.29 is 28.5 Å². The van der Waals surface area contributed by atoms with Gasteiger partial charge in [-0.25, -0.2) is 0 Å². The van der Waals surface area contributed by atoms with Crippen molar-refractivity contribution in [1.29, 1.82) is 0 Å². The van der Waals surface area contributed by atoms with Crippen LogP contribution >= 0.6 is 0 Å². The Morgan fingerprint density at radius 1 is 1.33 bits per heavy atom. The van der Waals surface area contributed by atoms with Crippen molar-refractivity contribution in [2.45, 2.75) is 45.1 Å². The standard InChI is InChI=1S/C10H22N.HI/c1-4-5-7-10-8-6-9-11(10,2)3;/h10H,4-9H2,1-3H3;1H/q+1;/p-1. The van der Waals surface area contributed by atoms with Gasteiger partial charge in [-0.3, -0.25) is 0 Å². The van der Waals surface area contributed by atoms with Gasteiger partial charge >= 0.3 is 0 Å². The molecule has 0 N–H and O–H groups in total. The number of hydrogen-bond acceptors (Lipinski definition) is 0. The smallest absolute Gasteiger partial charge is 0.0888 e. The van der Waals surface area contributed by atoms with Crippen molar-refractivity contribution >= 4 is 0 Å². The van der Waals surface area contributed by atoms with E-state index in [9.17, 15) is 0 Å². The van der Waals surface area contributed by atoms with Gasteiger partial charge in [-0.1, -0.05) is 13.3 Å². The van der Waals surface area contributed by atoms with E-state index in [0.29, 0.717) is 0 Å². The van der Waals surface area contributed by atoms with Gasteiger partial charge in [0.2, 0.25) is 0 Å². The number of nitrogens with zero attached hydrogens (tertiary/aromatic N) is 1. The molecule has 0 amide bonds. The molecular formula is C10H22IN. The summed E-state index contributed by atoms with van der Waals surface area (Å²) in [6, 6.07) is 0.968. The molecule has 0 aromatic rings. The van der Waals surface area contributed by atoms with Crippen molar-refractivity contribution in [3.8, 4) is 0 Å². The first-order chi connectivity index (χ1) is 5.17. The van der Waals surface area contributed by atoms with Crippen molar-refractivity contribution in [2.75, 3.05) is 20.6 Å². The molecule has 0 bridgehead atoms. The summed E-state index contributed by atoms with van der Waals surface area (Å²) in [5.74, 6) is 0. The molecule has 1 aliphatic rings. The zero-order chi connectivity index (χ0) is 8.32. The maximum Gasteiger partial charge on any atom is 0.0888 e. The maximum atomic E-state index is 2.38. The van der Waals surface area contributed by atoms with Gasteiger partial charge in [0.05, 0.1) is 26.7 Å². The van der Waals surface area contributed by atoms with E-state index in [2.05, 4.69) is 21.0 Å². The van der Waals surface area contributed by atoms with Gasteiger partial charge < -0.3 is 28.5 Å². The molecule has 1 aliphatic heterocycles. The molecule has 0 radical (unpaired) electrons. The first-order valence-corrected chi connectivity index (χ1v) is 4.99. The maximum absolute atomic E-state index is 2.38. The Morgan fingerprint density at radius 2 is 2.00 bits per heavy atom. The Morgan fingerprint density at radius 3 is 2.42 bits per heavy atom. The largest absolute Gasteiger partial charge is 1.00 e. The van der Waals surface area contributed by atoms with Crippen LogP contribution in [0.15, 0.2) is 0 Å². The van der Waals surface area contributed by atoms with Crippen molar-refractivity contribution in [3.05, 3.63) is 0 Å². The van der Waals surface area contributed by atoms with Crippen LogP contribution in [0.5, 0.6) is 0 Å². The fourth-order valence-electron chi connectivity index (χ4n) is 2.20. The Hall–Kier alpha value is 0.690. The summed E-state index contributed by atoms with van der Waals surface area (Å²) in [5.41, 5.74) is 0. The second-order valence-corrected chi connectivity index (χ2v) is 4.44. The Balaban J connectivity index is 0.00000121. The normalized spacial score (nSPS) is 26.8. The predicted molar refractivity (Wildman–Crippen MR) is 49.5 cm³/mol. The fourth-order valence-corrected chi connectivity index (χ4v) is 2.20. The van der Waals surface area contributed by atoms with E-state index in [1.165, 1.54) is 43.1 Å². The SMILES string of the molecule is CCCCC1CCC[N+]1(C)C.[I-]. The molecule has 1 saturated heterocycles. The lowest BCUT2D eigenvalue weighted by atomic mass is 10.1. The van der Waals surface area contributed by atoms with E-state index in [0.717, 1.165) is 6.04 Å². The minimum Gasteiger partial charge on any atom is -1.00 e. The van der Waals surface area contributed by atoms with Crippen molar-refractivity contribution in [2.24, 2.45) is 0 Å². The van der Waals surface area contributed by atoms with E-state index >= 15 is 0 Å². The zero-order valence-electron chi connectivity index (χ0n) is 8.65. The third-order valence-electron chi connectivity index (χ3n) is 3.15. The number of hydrogen-bond donors (Lipinski definition) is 0. The average Bonchev–Trinajstić information content (AvgIpc) is 2.25. The number of rotatable bonds is 3. The van der Waals surface area contributed by atoms with Gasteiger partial charge in [0.25, 0.3) is 0 Å². The number of unbranched alkanes of at least 4 members (excludes halogenated alkanes) is 1. The van der Waals surface area contributed by atoms with Crippen LogP contribution in [0.25, 0.3) is 0 Å². The first kappa shape index (κ1) is 12.7. The van der Waals surface area contributed by atoms with Crippen molar-refractivity contribution in [1.82, 2.24) is 0 Å². The molecule has 0 aromatic heterocycles. The lowest BCUT2D eigenvalue weighted by molar-refractivity contribution is -0.902. The van der Waals surface area contributed by atoms with Crippen LogP contribution in [0.3, 0.4) is 0 Å². The molecule has 0 spiro atoms. The Bertz CT molecular complexity index is 123. The van der Waals surface area contributed by atoms with Gasteiger partial charge in [0.15, 0.2) is 0 Å². The monoisotopic (exact) mass is 283 g/mol. The van der Waals surface area contributed by atoms with Crippen LogP contribution < -0.4 is 24.0 Å². The van der Waals surface area contributed by atoms with Gasteiger partial charge in [0, 0.05) is 12.8 Å². The molecule has 12 heavy (non-hydrogen) atoms. The van der Waals surface area contributed by atoms with E-state index in [1.54, 1.807) is 0 Å². The molecule has 1 fully saturated rings. The topological polar surface area (TPSA) is 0 Å². The molecule has 1 rings (SSSR count). The van der Waals surface area contributed by atoms with Crippen LogP contribution in [0.4, 0.5) is 0 Å². The highest BCUT2D eigenvalue weighted by molar-refractivity contribution is 4.65. The molecule has 0 saturated carbocycles. The Labute approximate surface area is 94.1 Å². The highest BCUT2D eigenvalue weighted by Crippen LogP contribution is 2.25. The summed E-state index contributed by atoms with van der Waals surface area (Å²) in [7, 11) is 4.76. The molecule has 1 atom stereocenters. The van der Waals surface area contributed by atoms with Gasteiger partial charge in [-0.05, 0) is 12.8 Å². The summed E-state index contributed by atoms with van der Waals surface area (Å²) in [4.78, 5) is 0. The zero-order valence-corrected chi connectivity index (χ0v) is 10.8. The third kappa shape index (κ3) is 3.21. The minimum absolute atomic E-state index is 0. The number of halogens is 1. The quantitative estimate of drug-likeness (QED) is 0.480. The van der Waals surface area contributed by atoms with Crippen molar-refractivity contribution in [3.63, 3.8) is 0 Å². The van der Waals surface area contributed by atoms with E-state index in [4.69, 9.17) is 0 Å². The first-order valence-electron chi connectivity index (χ1n) is 4.99. The Kier molecular flexibility index (Phi) is 5.74. The highest BCUT2D eigenvalue weighted by Gasteiger charge is 2.32. The third-order valence-corrected chi connectivity index (χ3v) is 3.15. The summed E-state index contributed by atoms with van der Waals surface area (Å²) in [6.45, 7) is 3.68. The minimum atomic E-state index is 0. The lowest BCUT2D eigenvalue weighted by Gasteiger charge is -2.31. The van der Waals surface area contributed by atoms with Crippen LogP contribution in [0.1, 0.15) is 39.0 Å². The lowest BCUT2D eigenvalue weighted by Crippen LogP contribution is -3.00. The highest BCUT2D eigenvalue weighted by atomic mass is 127. The van der Waals surface area contributed by atoms with E-state index < -0.39 is 0 Å². The molecule has 1 nitrogen and oxygen atoms in total. The second kappa shape index (κ2) is 5.43. The summed E-state index contributed by atoms with van der Waals surface area (Å²) < 4.78 is 1.28. The molecule has 74 valence electrons. The summed E-state index contributed by atoms with van der Waals surface area (Å²) in [6.07, 6.45) is 7.14. The number of quaternary nitrogens is 1. The van der Waals surface area contributed by atoms with Gasteiger partial charge in [-0.15, -0.1) is 0 Å². The average molecular weight is 283 g/mol. The molecule has 1 unspecified atom stereocenters. The summed E-state index contributed by atoms with van der Waals surface area (Å²) in [5, 5.41) is 0. The van der Waals surface area contributed by atoms with E-state index in [1.807, 2.05) is 0 Å². The van der Waals surface area contributed by atoms with Gasteiger partial charge in [-0.2, -0.15) is 0 Å².